The molecule has 2 aromatic rings. The lowest BCUT2D eigenvalue weighted by molar-refractivity contribution is -0.131. The summed E-state index contributed by atoms with van der Waals surface area (Å²) in [6.45, 7) is -0.0494. The third-order valence-electron chi connectivity index (χ3n) is 3.04. The van der Waals surface area contributed by atoms with Gasteiger partial charge in [-0.25, -0.2) is 9.18 Å². The number of hydrogen-bond acceptors (Lipinski definition) is 3. The van der Waals surface area contributed by atoms with Gasteiger partial charge in [0.15, 0.2) is 11.5 Å². The summed E-state index contributed by atoms with van der Waals surface area (Å²) in [5, 5.41) is 8.91. The number of ether oxygens (including phenoxy) is 2. The number of carboxylic acid groups (broad SMARTS) is 1. The predicted octanol–water partition coefficient (Wildman–Crippen LogP) is 4.16. The predicted molar refractivity (Wildman–Crippen MR) is 85.4 cm³/mol. The Morgan fingerprint density at radius 3 is 2.74 bits per heavy atom. The molecule has 0 aliphatic heterocycles. The van der Waals surface area contributed by atoms with E-state index in [0.29, 0.717) is 17.1 Å². The van der Waals surface area contributed by atoms with Crippen LogP contribution in [0.3, 0.4) is 0 Å². The zero-order chi connectivity index (χ0) is 16.8. The van der Waals surface area contributed by atoms with E-state index in [1.165, 1.54) is 25.3 Å². The van der Waals surface area contributed by atoms with Gasteiger partial charge in [-0.15, -0.1) is 0 Å². The molecule has 0 heterocycles. The van der Waals surface area contributed by atoms with Gasteiger partial charge in [-0.3, -0.25) is 0 Å². The molecule has 120 valence electrons. The van der Waals surface area contributed by atoms with Gasteiger partial charge in [0, 0.05) is 11.6 Å². The molecule has 4 nitrogen and oxygen atoms in total. The maximum atomic E-state index is 13.7. The molecule has 2 rings (SSSR count). The molecule has 0 aromatic heterocycles. The Balaban J connectivity index is 2.18. The number of benzene rings is 2. The van der Waals surface area contributed by atoms with Crippen LogP contribution in [0.2, 0.25) is 5.02 Å². The minimum atomic E-state index is -1.04. The molecule has 2 aromatic carbocycles. The van der Waals surface area contributed by atoms with Crippen LogP contribution < -0.4 is 9.47 Å². The fourth-order valence-electron chi connectivity index (χ4n) is 1.89. The lowest BCUT2D eigenvalue weighted by Gasteiger charge is -2.12. The van der Waals surface area contributed by atoms with E-state index in [-0.39, 0.29) is 17.2 Å². The summed E-state index contributed by atoms with van der Waals surface area (Å²) in [7, 11) is 1.46. The Kier molecular flexibility index (Phi) is 5.60. The fraction of sp³-hybridized carbons (Fsp3) is 0.118. The van der Waals surface area contributed by atoms with Crippen molar-refractivity contribution in [1.29, 1.82) is 0 Å². The molecule has 6 heteroatoms. The van der Waals surface area contributed by atoms with Crippen molar-refractivity contribution in [2.24, 2.45) is 0 Å². The molecule has 0 spiro atoms. The Bertz CT molecular complexity index is 723. The summed E-state index contributed by atoms with van der Waals surface area (Å²) >= 11 is 5.95. The van der Waals surface area contributed by atoms with Gasteiger partial charge in [0.25, 0.3) is 0 Å². The van der Waals surface area contributed by atoms with Gasteiger partial charge in [-0.05, 0) is 35.9 Å². The second-order valence-corrected chi connectivity index (χ2v) is 4.98. The topological polar surface area (TPSA) is 55.8 Å². The highest BCUT2D eigenvalue weighted by atomic mass is 35.5. The van der Waals surface area contributed by atoms with Crippen molar-refractivity contribution in [3.8, 4) is 11.5 Å². The van der Waals surface area contributed by atoms with E-state index in [1.54, 1.807) is 24.3 Å². The standard InChI is InChI=1S/C17H14ClFO4/c1-22-16-9-11(6-8-17(20)21)5-7-15(16)23-10-12-13(18)3-2-4-14(12)19/h2-9H,10H2,1H3,(H,20,21)/b8-6+. The summed E-state index contributed by atoms with van der Waals surface area (Å²) in [6.07, 6.45) is 2.46. The summed E-state index contributed by atoms with van der Waals surface area (Å²) in [5.41, 5.74) is 0.895. The van der Waals surface area contributed by atoms with Crippen LogP contribution in [0.1, 0.15) is 11.1 Å². The average molecular weight is 337 g/mol. The average Bonchev–Trinajstić information content (AvgIpc) is 2.53. The molecule has 0 bridgehead atoms. The second-order valence-electron chi connectivity index (χ2n) is 4.57. The summed E-state index contributed by atoms with van der Waals surface area (Å²) < 4.78 is 24.5. The first-order valence-electron chi connectivity index (χ1n) is 6.66. The quantitative estimate of drug-likeness (QED) is 0.805. The summed E-state index contributed by atoms with van der Waals surface area (Å²) in [6, 6.07) is 9.32. The molecule has 0 unspecified atom stereocenters. The van der Waals surface area contributed by atoms with Gasteiger partial charge >= 0.3 is 5.97 Å². The first kappa shape index (κ1) is 16.8. The lowest BCUT2D eigenvalue weighted by atomic mass is 10.2. The van der Waals surface area contributed by atoms with Crippen molar-refractivity contribution in [2.45, 2.75) is 6.61 Å². The number of aliphatic carboxylic acids is 1. The van der Waals surface area contributed by atoms with E-state index >= 15 is 0 Å². The van der Waals surface area contributed by atoms with Gasteiger partial charge in [0.1, 0.15) is 12.4 Å². The molecule has 0 saturated heterocycles. The van der Waals surface area contributed by atoms with Crippen LogP contribution >= 0.6 is 11.6 Å². The Morgan fingerprint density at radius 2 is 2.09 bits per heavy atom. The molecule has 1 N–H and O–H groups in total. The van der Waals surface area contributed by atoms with Gasteiger partial charge < -0.3 is 14.6 Å². The van der Waals surface area contributed by atoms with E-state index in [9.17, 15) is 9.18 Å². The van der Waals surface area contributed by atoms with Crippen LogP contribution in [0.15, 0.2) is 42.5 Å². The van der Waals surface area contributed by atoms with E-state index in [1.807, 2.05) is 0 Å². The number of halogens is 2. The highest BCUT2D eigenvalue weighted by Crippen LogP contribution is 2.30. The van der Waals surface area contributed by atoms with Gasteiger partial charge in [0.05, 0.1) is 12.1 Å². The van der Waals surface area contributed by atoms with Gasteiger partial charge in [-0.1, -0.05) is 23.7 Å². The molecule has 0 radical (unpaired) electrons. The van der Waals surface area contributed by atoms with Crippen molar-refractivity contribution < 1.29 is 23.8 Å². The lowest BCUT2D eigenvalue weighted by Crippen LogP contribution is -2.01. The molecular weight excluding hydrogens is 323 g/mol. The number of methoxy groups -OCH3 is 1. The normalized spacial score (nSPS) is 10.7. The highest BCUT2D eigenvalue weighted by Gasteiger charge is 2.10. The van der Waals surface area contributed by atoms with Gasteiger partial charge in [0.2, 0.25) is 0 Å². The third-order valence-corrected chi connectivity index (χ3v) is 3.39. The van der Waals surface area contributed by atoms with Crippen LogP contribution in [-0.4, -0.2) is 18.2 Å². The SMILES string of the molecule is COc1cc(/C=C/C(=O)O)ccc1OCc1c(F)cccc1Cl. The monoisotopic (exact) mass is 336 g/mol. The molecule has 23 heavy (non-hydrogen) atoms. The van der Waals surface area contributed by atoms with Crippen molar-refractivity contribution in [3.63, 3.8) is 0 Å². The van der Waals surface area contributed by atoms with Crippen molar-refractivity contribution in [2.75, 3.05) is 7.11 Å². The molecular formula is C17H14ClFO4. The Labute approximate surface area is 137 Å². The highest BCUT2D eigenvalue weighted by molar-refractivity contribution is 6.31. The van der Waals surface area contributed by atoms with E-state index in [2.05, 4.69) is 0 Å². The summed E-state index contributed by atoms with van der Waals surface area (Å²) in [5.74, 6) is -0.680. The minimum absolute atomic E-state index is 0.0494. The third kappa shape index (κ3) is 4.47. The summed E-state index contributed by atoms with van der Waals surface area (Å²) in [4.78, 5) is 10.5. The smallest absolute Gasteiger partial charge is 0.328 e. The van der Waals surface area contributed by atoms with Gasteiger partial charge in [-0.2, -0.15) is 0 Å². The Hall–Kier alpha value is -2.53. The van der Waals surface area contributed by atoms with Crippen LogP contribution in [0, 0.1) is 5.82 Å². The van der Waals surface area contributed by atoms with E-state index in [0.717, 1.165) is 6.08 Å². The second kappa shape index (κ2) is 7.65. The molecule has 0 saturated carbocycles. The maximum absolute atomic E-state index is 13.7. The largest absolute Gasteiger partial charge is 0.493 e. The number of carbonyl (C=O) groups is 1. The first-order valence-corrected chi connectivity index (χ1v) is 7.04. The molecule has 0 atom stereocenters. The first-order chi connectivity index (χ1) is 11.0. The fourth-order valence-corrected chi connectivity index (χ4v) is 2.11. The van der Waals surface area contributed by atoms with Crippen molar-refractivity contribution in [1.82, 2.24) is 0 Å². The molecule has 0 aliphatic rings. The number of rotatable bonds is 6. The number of carboxylic acids is 1. The van der Waals surface area contributed by atoms with E-state index < -0.39 is 11.8 Å². The van der Waals surface area contributed by atoms with E-state index in [4.69, 9.17) is 26.2 Å². The van der Waals surface area contributed by atoms with Crippen LogP contribution in [0.4, 0.5) is 4.39 Å². The molecule has 0 aliphatic carbocycles. The minimum Gasteiger partial charge on any atom is -0.493 e. The maximum Gasteiger partial charge on any atom is 0.328 e. The zero-order valence-electron chi connectivity index (χ0n) is 12.3. The Morgan fingerprint density at radius 1 is 1.30 bits per heavy atom. The van der Waals surface area contributed by atoms with Crippen LogP contribution in [-0.2, 0) is 11.4 Å². The molecule has 0 fully saturated rings. The molecule has 0 amide bonds. The number of hydrogen-bond donors (Lipinski definition) is 1. The van der Waals surface area contributed by atoms with Crippen molar-refractivity contribution >= 4 is 23.6 Å². The van der Waals surface area contributed by atoms with Crippen molar-refractivity contribution in [3.05, 3.63) is 64.4 Å². The van der Waals surface area contributed by atoms with Crippen LogP contribution in [0.5, 0.6) is 11.5 Å². The van der Waals surface area contributed by atoms with Crippen LogP contribution in [0.25, 0.3) is 6.08 Å². The zero-order valence-corrected chi connectivity index (χ0v) is 13.0.